The largest absolute Gasteiger partial charge is 0.489 e. The molecule has 1 saturated heterocycles. The fourth-order valence-corrected chi connectivity index (χ4v) is 3.91. The summed E-state index contributed by atoms with van der Waals surface area (Å²) in [5.41, 5.74) is 3.78. The molecule has 3 aromatic rings. The Morgan fingerprint density at radius 3 is 2.45 bits per heavy atom. The van der Waals surface area contributed by atoms with E-state index in [1.165, 1.54) is 5.56 Å². The van der Waals surface area contributed by atoms with Crippen molar-refractivity contribution in [2.45, 2.75) is 45.9 Å². The summed E-state index contributed by atoms with van der Waals surface area (Å²) >= 11 is 0. The van der Waals surface area contributed by atoms with Crippen LogP contribution < -0.4 is 10.1 Å². The van der Waals surface area contributed by atoms with Crippen LogP contribution in [0.1, 0.15) is 45.8 Å². The maximum atomic E-state index is 12.6. The van der Waals surface area contributed by atoms with Crippen LogP contribution in [0.3, 0.4) is 0 Å². The lowest BCUT2D eigenvalue weighted by Gasteiger charge is -2.32. The number of nitrogens with one attached hydrogen (secondary N) is 1. The number of carbonyl (C=O) groups is 1. The Morgan fingerprint density at radius 1 is 1.10 bits per heavy atom. The molecular weight excluding hydrogens is 390 g/mol. The molecule has 162 valence electrons. The summed E-state index contributed by atoms with van der Waals surface area (Å²) in [6.07, 6.45) is 1.94. The SMILES string of the molecule is Cc1noc(C)c1COc1ccc(C(=O)NC2CCN(Cc3ccccc3)CC2)cc1. The first-order valence-electron chi connectivity index (χ1n) is 10.8. The predicted molar refractivity (Wildman–Crippen MR) is 119 cm³/mol. The topological polar surface area (TPSA) is 67.6 Å². The van der Waals surface area contributed by atoms with Gasteiger partial charge in [0.1, 0.15) is 18.1 Å². The van der Waals surface area contributed by atoms with Crippen molar-refractivity contribution in [3.05, 3.63) is 82.7 Å². The molecule has 1 aromatic heterocycles. The van der Waals surface area contributed by atoms with Gasteiger partial charge in [-0.1, -0.05) is 35.5 Å². The zero-order valence-electron chi connectivity index (χ0n) is 18.1. The van der Waals surface area contributed by atoms with E-state index < -0.39 is 0 Å². The maximum absolute atomic E-state index is 12.6. The van der Waals surface area contributed by atoms with E-state index in [2.05, 4.69) is 39.6 Å². The number of carbonyl (C=O) groups excluding carboxylic acids is 1. The second kappa shape index (κ2) is 9.79. The van der Waals surface area contributed by atoms with Crippen LogP contribution in [0.2, 0.25) is 0 Å². The fraction of sp³-hybridized carbons (Fsp3) is 0.360. The molecule has 0 atom stereocenters. The summed E-state index contributed by atoms with van der Waals surface area (Å²) in [6, 6.07) is 18.0. The van der Waals surface area contributed by atoms with E-state index in [0.717, 1.165) is 49.5 Å². The predicted octanol–water partition coefficient (Wildman–Crippen LogP) is 4.26. The van der Waals surface area contributed by atoms with Crippen LogP contribution in [0.4, 0.5) is 0 Å². The Balaban J connectivity index is 1.23. The minimum atomic E-state index is -0.0289. The minimum absolute atomic E-state index is 0.0289. The molecule has 6 nitrogen and oxygen atoms in total. The zero-order valence-corrected chi connectivity index (χ0v) is 18.1. The van der Waals surface area contributed by atoms with Crippen LogP contribution in [0.15, 0.2) is 59.1 Å². The number of aryl methyl sites for hydroxylation is 2. The number of ether oxygens (including phenoxy) is 1. The summed E-state index contributed by atoms with van der Waals surface area (Å²) in [4.78, 5) is 15.1. The second-order valence-corrected chi connectivity index (χ2v) is 8.13. The van der Waals surface area contributed by atoms with E-state index in [9.17, 15) is 4.79 Å². The molecule has 0 saturated carbocycles. The van der Waals surface area contributed by atoms with Crippen LogP contribution in [0.5, 0.6) is 5.75 Å². The van der Waals surface area contributed by atoms with E-state index in [1.807, 2.05) is 44.2 Å². The van der Waals surface area contributed by atoms with Gasteiger partial charge in [-0.15, -0.1) is 0 Å². The number of piperidine rings is 1. The highest BCUT2D eigenvalue weighted by Crippen LogP contribution is 2.19. The summed E-state index contributed by atoms with van der Waals surface area (Å²) in [6.45, 7) is 7.13. The molecule has 1 N–H and O–H groups in total. The molecule has 2 heterocycles. The molecule has 1 amide bonds. The highest BCUT2D eigenvalue weighted by molar-refractivity contribution is 5.94. The minimum Gasteiger partial charge on any atom is -0.489 e. The molecule has 1 aliphatic rings. The highest BCUT2D eigenvalue weighted by atomic mass is 16.5. The molecule has 0 radical (unpaired) electrons. The molecule has 6 heteroatoms. The number of benzene rings is 2. The van der Waals surface area contributed by atoms with Crippen molar-refractivity contribution in [2.24, 2.45) is 0 Å². The average molecular weight is 420 g/mol. The van der Waals surface area contributed by atoms with Crippen molar-refractivity contribution in [3.8, 4) is 5.75 Å². The van der Waals surface area contributed by atoms with Crippen LogP contribution in [-0.4, -0.2) is 35.1 Å². The maximum Gasteiger partial charge on any atom is 0.251 e. The van der Waals surface area contributed by atoms with Gasteiger partial charge in [0.15, 0.2) is 0 Å². The zero-order chi connectivity index (χ0) is 21.6. The third-order valence-corrected chi connectivity index (χ3v) is 5.85. The molecule has 0 spiro atoms. The molecule has 0 bridgehead atoms. The number of likely N-dealkylation sites (tertiary alicyclic amines) is 1. The summed E-state index contributed by atoms with van der Waals surface area (Å²) in [5.74, 6) is 1.45. The van der Waals surface area contributed by atoms with Crippen molar-refractivity contribution >= 4 is 5.91 Å². The molecule has 4 rings (SSSR count). The van der Waals surface area contributed by atoms with Gasteiger partial charge in [0, 0.05) is 31.2 Å². The van der Waals surface area contributed by atoms with Gasteiger partial charge in [-0.2, -0.15) is 0 Å². The number of hydrogen-bond donors (Lipinski definition) is 1. The molecular formula is C25H29N3O3. The quantitative estimate of drug-likeness (QED) is 0.620. The smallest absolute Gasteiger partial charge is 0.251 e. The molecule has 0 unspecified atom stereocenters. The number of hydrogen-bond acceptors (Lipinski definition) is 5. The Kier molecular flexibility index (Phi) is 6.67. The first kappa shape index (κ1) is 21.1. The fourth-order valence-electron chi connectivity index (χ4n) is 3.91. The first-order valence-corrected chi connectivity index (χ1v) is 10.8. The second-order valence-electron chi connectivity index (χ2n) is 8.13. The lowest BCUT2D eigenvalue weighted by molar-refractivity contribution is 0.0909. The van der Waals surface area contributed by atoms with Gasteiger partial charge in [-0.25, -0.2) is 0 Å². The summed E-state index contributed by atoms with van der Waals surface area (Å²) in [7, 11) is 0. The lowest BCUT2D eigenvalue weighted by Crippen LogP contribution is -2.44. The summed E-state index contributed by atoms with van der Waals surface area (Å²) < 4.78 is 11.0. The molecule has 2 aromatic carbocycles. The number of amides is 1. The van der Waals surface area contributed by atoms with E-state index >= 15 is 0 Å². The molecule has 0 aliphatic carbocycles. The third-order valence-electron chi connectivity index (χ3n) is 5.85. The highest BCUT2D eigenvalue weighted by Gasteiger charge is 2.21. The van der Waals surface area contributed by atoms with E-state index in [1.54, 1.807) is 0 Å². The average Bonchev–Trinajstić information content (AvgIpc) is 3.12. The van der Waals surface area contributed by atoms with Gasteiger partial charge in [0.2, 0.25) is 0 Å². The van der Waals surface area contributed by atoms with Crippen molar-refractivity contribution in [1.82, 2.24) is 15.4 Å². The number of aromatic nitrogens is 1. The van der Waals surface area contributed by atoms with Gasteiger partial charge in [-0.05, 0) is 56.5 Å². The van der Waals surface area contributed by atoms with Crippen molar-refractivity contribution in [1.29, 1.82) is 0 Å². The van der Waals surface area contributed by atoms with Gasteiger partial charge in [0.05, 0.1) is 11.3 Å². The Morgan fingerprint density at radius 2 is 1.81 bits per heavy atom. The normalized spacial score (nSPS) is 15.0. The van der Waals surface area contributed by atoms with Crippen molar-refractivity contribution in [2.75, 3.05) is 13.1 Å². The van der Waals surface area contributed by atoms with Crippen LogP contribution >= 0.6 is 0 Å². The monoisotopic (exact) mass is 419 g/mol. The van der Waals surface area contributed by atoms with Crippen LogP contribution in [0.25, 0.3) is 0 Å². The standard InChI is InChI=1S/C25H29N3O3/c1-18-24(19(2)31-27-18)17-30-23-10-8-21(9-11-23)25(29)26-22-12-14-28(15-13-22)16-20-6-4-3-5-7-20/h3-11,22H,12-17H2,1-2H3,(H,26,29). The van der Waals surface area contributed by atoms with Crippen LogP contribution in [0, 0.1) is 13.8 Å². The summed E-state index contributed by atoms with van der Waals surface area (Å²) in [5, 5.41) is 7.12. The Labute approximate surface area is 183 Å². The van der Waals surface area contributed by atoms with Crippen LogP contribution in [-0.2, 0) is 13.2 Å². The van der Waals surface area contributed by atoms with Gasteiger partial charge in [-0.3, -0.25) is 9.69 Å². The third kappa shape index (κ3) is 5.52. The van der Waals surface area contributed by atoms with E-state index in [4.69, 9.17) is 9.26 Å². The number of nitrogens with zero attached hydrogens (tertiary/aromatic N) is 2. The van der Waals surface area contributed by atoms with Crippen molar-refractivity contribution < 1.29 is 14.1 Å². The first-order chi connectivity index (χ1) is 15.1. The lowest BCUT2D eigenvalue weighted by atomic mass is 10.0. The molecule has 1 aliphatic heterocycles. The van der Waals surface area contributed by atoms with Gasteiger partial charge in [0.25, 0.3) is 5.91 Å². The molecule has 31 heavy (non-hydrogen) atoms. The van der Waals surface area contributed by atoms with Gasteiger partial charge >= 0.3 is 0 Å². The molecule has 1 fully saturated rings. The van der Waals surface area contributed by atoms with E-state index in [0.29, 0.717) is 17.9 Å². The van der Waals surface area contributed by atoms with E-state index in [-0.39, 0.29) is 11.9 Å². The Hall–Kier alpha value is -3.12. The Bertz CT molecular complexity index is 971. The number of rotatable bonds is 7. The van der Waals surface area contributed by atoms with Crippen molar-refractivity contribution in [3.63, 3.8) is 0 Å². The van der Waals surface area contributed by atoms with Gasteiger partial charge < -0.3 is 14.6 Å².